The number of carboxylic acid groups (broad SMARTS) is 1. The van der Waals surface area contributed by atoms with Crippen molar-refractivity contribution < 1.29 is 29.0 Å². The topological polar surface area (TPSA) is 137 Å². The predicted molar refractivity (Wildman–Crippen MR) is 132 cm³/mol. The molecular formula is C27H27N3O6. The molecule has 1 heterocycles. The molecule has 0 bridgehead atoms. The lowest BCUT2D eigenvalue weighted by molar-refractivity contribution is -0.138. The van der Waals surface area contributed by atoms with E-state index in [4.69, 9.17) is 9.84 Å². The van der Waals surface area contributed by atoms with Crippen LogP contribution in [-0.2, 0) is 36.9 Å². The van der Waals surface area contributed by atoms with E-state index in [1.165, 1.54) is 0 Å². The summed E-state index contributed by atoms with van der Waals surface area (Å²) in [6, 6.07) is 20.5. The van der Waals surface area contributed by atoms with Crippen molar-refractivity contribution in [3.05, 3.63) is 83.4 Å². The van der Waals surface area contributed by atoms with Crippen molar-refractivity contribution >= 4 is 34.5 Å². The molecule has 0 aliphatic carbocycles. The highest BCUT2D eigenvalue weighted by molar-refractivity contribution is 5.97. The van der Waals surface area contributed by atoms with Gasteiger partial charge in [-0.15, -0.1) is 0 Å². The van der Waals surface area contributed by atoms with Crippen molar-refractivity contribution in [1.29, 1.82) is 0 Å². The SMILES string of the molecule is Cc1ccc(C[C@H](NC(=O)C2O[C@H]2C(=O)NCC(=O)O)C(=O)NCc2cccc3ccccc23)cc1. The molecule has 3 atom stereocenters. The van der Waals surface area contributed by atoms with Crippen molar-refractivity contribution in [2.75, 3.05) is 6.54 Å². The Hall–Kier alpha value is -4.24. The van der Waals surface area contributed by atoms with Gasteiger partial charge in [-0.2, -0.15) is 0 Å². The van der Waals surface area contributed by atoms with Gasteiger partial charge in [0.2, 0.25) is 5.91 Å². The number of aliphatic carboxylic acids is 1. The number of amides is 3. The normalized spacial score (nSPS) is 17.1. The van der Waals surface area contributed by atoms with Gasteiger partial charge in [-0.05, 0) is 28.8 Å². The number of aryl methyl sites for hydroxylation is 1. The molecule has 9 nitrogen and oxygen atoms in total. The van der Waals surface area contributed by atoms with Gasteiger partial charge in [-0.3, -0.25) is 19.2 Å². The van der Waals surface area contributed by atoms with E-state index in [0.717, 1.165) is 27.5 Å². The zero-order chi connectivity index (χ0) is 25.7. The van der Waals surface area contributed by atoms with Gasteiger partial charge in [-0.1, -0.05) is 72.3 Å². The quantitative estimate of drug-likeness (QED) is 0.318. The Labute approximate surface area is 207 Å². The molecule has 4 rings (SSSR count). The van der Waals surface area contributed by atoms with E-state index in [1.54, 1.807) is 0 Å². The molecule has 1 aliphatic rings. The van der Waals surface area contributed by atoms with E-state index in [9.17, 15) is 19.2 Å². The predicted octanol–water partition coefficient (Wildman–Crippen LogP) is 1.46. The summed E-state index contributed by atoms with van der Waals surface area (Å²) >= 11 is 0. The average molecular weight is 490 g/mol. The molecule has 4 N–H and O–H groups in total. The van der Waals surface area contributed by atoms with Gasteiger partial charge in [0.1, 0.15) is 12.6 Å². The number of hydrogen-bond donors (Lipinski definition) is 4. The number of carboxylic acids is 1. The standard InChI is InChI=1S/C27H27N3O6/c1-16-9-11-17(12-10-16)13-21(30-27(35)24-23(36-24)26(34)29-15-22(31)32)25(33)28-14-19-7-4-6-18-5-2-3-8-20(18)19/h2-12,21,23-24H,13-15H2,1H3,(H,28,33)(H,29,34)(H,30,35)(H,31,32)/t21-,23+,24?/m0/s1. The smallest absolute Gasteiger partial charge is 0.322 e. The van der Waals surface area contributed by atoms with Crippen LogP contribution < -0.4 is 16.0 Å². The summed E-state index contributed by atoms with van der Waals surface area (Å²) in [6.07, 6.45) is -1.91. The monoisotopic (exact) mass is 489 g/mol. The Bertz CT molecular complexity index is 1280. The van der Waals surface area contributed by atoms with E-state index in [1.807, 2.05) is 73.7 Å². The van der Waals surface area contributed by atoms with E-state index in [2.05, 4.69) is 16.0 Å². The molecule has 3 aromatic rings. The number of benzene rings is 3. The Morgan fingerprint density at radius 3 is 2.33 bits per heavy atom. The fourth-order valence-electron chi connectivity index (χ4n) is 3.95. The molecule has 1 saturated heterocycles. The van der Waals surface area contributed by atoms with Crippen LogP contribution in [0.2, 0.25) is 0 Å². The highest BCUT2D eigenvalue weighted by atomic mass is 16.6. The molecule has 1 aliphatic heterocycles. The number of carbonyl (C=O) groups excluding carboxylic acids is 3. The lowest BCUT2D eigenvalue weighted by atomic mass is 10.0. The van der Waals surface area contributed by atoms with Crippen LogP contribution in [0.3, 0.4) is 0 Å². The maximum atomic E-state index is 13.2. The van der Waals surface area contributed by atoms with Gasteiger partial charge in [0, 0.05) is 13.0 Å². The van der Waals surface area contributed by atoms with Crippen LogP contribution in [-0.4, -0.2) is 53.6 Å². The van der Waals surface area contributed by atoms with Crippen molar-refractivity contribution in [2.45, 2.75) is 38.1 Å². The second-order valence-corrected chi connectivity index (χ2v) is 8.70. The van der Waals surface area contributed by atoms with Crippen LogP contribution in [0.4, 0.5) is 0 Å². The van der Waals surface area contributed by atoms with E-state index in [0.29, 0.717) is 0 Å². The largest absolute Gasteiger partial charge is 0.480 e. The van der Waals surface area contributed by atoms with Crippen molar-refractivity contribution in [3.63, 3.8) is 0 Å². The maximum absolute atomic E-state index is 13.2. The van der Waals surface area contributed by atoms with Crippen LogP contribution in [0.25, 0.3) is 10.8 Å². The van der Waals surface area contributed by atoms with Crippen molar-refractivity contribution in [2.24, 2.45) is 0 Å². The summed E-state index contributed by atoms with van der Waals surface area (Å²) in [7, 11) is 0. The minimum absolute atomic E-state index is 0.246. The van der Waals surface area contributed by atoms with E-state index >= 15 is 0 Å². The number of carbonyl (C=O) groups is 4. The number of hydrogen-bond acceptors (Lipinski definition) is 5. The van der Waals surface area contributed by atoms with Gasteiger partial charge in [0.05, 0.1) is 0 Å². The highest BCUT2D eigenvalue weighted by Crippen LogP contribution is 2.23. The zero-order valence-corrected chi connectivity index (χ0v) is 19.7. The lowest BCUT2D eigenvalue weighted by Gasteiger charge is -2.19. The minimum Gasteiger partial charge on any atom is -0.480 e. The molecule has 36 heavy (non-hydrogen) atoms. The number of fused-ring (bicyclic) bond motifs is 1. The molecule has 3 amide bonds. The molecule has 0 saturated carbocycles. The summed E-state index contributed by atoms with van der Waals surface area (Å²) in [5.74, 6) is -2.87. The van der Waals surface area contributed by atoms with Crippen molar-refractivity contribution in [1.82, 2.24) is 16.0 Å². The lowest BCUT2D eigenvalue weighted by Crippen LogP contribution is -2.49. The summed E-state index contributed by atoms with van der Waals surface area (Å²) in [5, 5.41) is 18.6. The third-order valence-electron chi connectivity index (χ3n) is 5.95. The van der Waals surface area contributed by atoms with Gasteiger partial charge in [0.25, 0.3) is 11.8 Å². The molecule has 186 valence electrons. The van der Waals surface area contributed by atoms with Crippen LogP contribution in [0.5, 0.6) is 0 Å². The Morgan fingerprint density at radius 2 is 1.58 bits per heavy atom. The first-order valence-electron chi connectivity index (χ1n) is 11.6. The molecule has 9 heteroatoms. The highest BCUT2D eigenvalue weighted by Gasteiger charge is 2.51. The number of rotatable bonds is 10. The second kappa shape index (κ2) is 11.0. The van der Waals surface area contributed by atoms with E-state index in [-0.39, 0.29) is 18.9 Å². The first kappa shape index (κ1) is 24.9. The molecule has 0 aromatic heterocycles. The molecule has 1 fully saturated rings. The summed E-state index contributed by atoms with van der Waals surface area (Å²) in [4.78, 5) is 48.5. The van der Waals surface area contributed by atoms with Gasteiger partial charge in [-0.25, -0.2) is 0 Å². The first-order valence-corrected chi connectivity index (χ1v) is 11.6. The molecule has 1 unspecified atom stereocenters. The minimum atomic E-state index is -1.20. The number of ether oxygens (including phenoxy) is 1. The fraction of sp³-hybridized carbons (Fsp3) is 0.259. The van der Waals surface area contributed by atoms with Gasteiger partial charge < -0.3 is 25.8 Å². The summed E-state index contributed by atoms with van der Waals surface area (Å²) < 4.78 is 5.15. The average Bonchev–Trinajstić information content (AvgIpc) is 3.68. The molecule has 3 aromatic carbocycles. The Morgan fingerprint density at radius 1 is 0.889 bits per heavy atom. The zero-order valence-electron chi connectivity index (χ0n) is 19.7. The third-order valence-corrected chi connectivity index (χ3v) is 5.95. The Balaban J connectivity index is 1.43. The van der Waals surface area contributed by atoms with Crippen LogP contribution in [0, 0.1) is 6.92 Å². The summed E-state index contributed by atoms with van der Waals surface area (Å²) in [5.41, 5.74) is 2.88. The van der Waals surface area contributed by atoms with Crippen molar-refractivity contribution in [3.8, 4) is 0 Å². The first-order chi connectivity index (χ1) is 17.3. The van der Waals surface area contributed by atoms with Gasteiger partial charge in [0.15, 0.2) is 12.2 Å². The molecular weight excluding hydrogens is 462 g/mol. The third kappa shape index (κ3) is 6.25. The van der Waals surface area contributed by atoms with E-state index < -0.39 is 42.6 Å². The van der Waals surface area contributed by atoms with Gasteiger partial charge >= 0.3 is 5.97 Å². The van der Waals surface area contributed by atoms with Crippen LogP contribution in [0.1, 0.15) is 16.7 Å². The molecule has 0 radical (unpaired) electrons. The number of epoxide rings is 1. The maximum Gasteiger partial charge on any atom is 0.322 e. The van der Waals surface area contributed by atoms with Crippen LogP contribution in [0.15, 0.2) is 66.7 Å². The van der Waals surface area contributed by atoms with Crippen LogP contribution >= 0.6 is 0 Å². The summed E-state index contributed by atoms with van der Waals surface area (Å²) in [6.45, 7) is 1.67. The molecule has 0 spiro atoms. The second-order valence-electron chi connectivity index (χ2n) is 8.70. The number of nitrogens with one attached hydrogen (secondary N) is 3. The Kier molecular flexibility index (Phi) is 7.60. The fourth-order valence-corrected chi connectivity index (χ4v) is 3.95.